The van der Waals surface area contributed by atoms with Gasteiger partial charge in [-0.1, -0.05) is 0 Å². The quantitative estimate of drug-likeness (QED) is 0.436. The molecule has 0 heterocycles. The van der Waals surface area contributed by atoms with E-state index in [4.69, 9.17) is 5.73 Å². The van der Waals surface area contributed by atoms with Crippen LogP contribution in [-0.2, 0) is 6.18 Å². The van der Waals surface area contributed by atoms with E-state index < -0.39 is 28.8 Å². The molecule has 0 aliphatic rings. The largest absolute Gasteiger partial charge is 0.417 e. The van der Waals surface area contributed by atoms with Crippen LogP contribution < -0.4 is 5.73 Å². The summed E-state index contributed by atoms with van der Waals surface area (Å²) in [6.45, 7) is 0. The van der Waals surface area contributed by atoms with Crippen molar-refractivity contribution >= 4 is 12.0 Å². The lowest BCUT2D eigenvalue weighted by Crippen LogP contribution is -2.11. The fourth-order valence-electron chi connectivity index (χ4n) is 0.984. The maximum Gasteiger partial charge on any atom is 0.417 e. The van der Waals surface area contributed by atoms with Crippen molar-refractivity contribution in [1.29, 1.82) is 0 Å². The lowest BCUT2D eigenvalue weighted by Gasteiger charge is -2.10. The highest BCUT2D eigenvalue weighted by atomic mass is 19.4. The number of carbonyl (C=O) groups is 1. The van der Waals surface area contributed by atoms with Gasteiger partial charge in [-0.3, -0.25) is 4.79 Å². The monoisotopic (exact) mass is 207 g/mol. The SMILES string of the molecule is Nc1c(F)ccc(C(F)(F)F)c1C=O. The third-order valence-corrected chi connectivity index (χ3v) is 1.66. The molecular formula is C8H5F4NO. The molecule has 76 valence electrons. The Morgan fingerprint density at radius 1 is 1.29 bits per heavy atom. The Morgan fingerprint density at radius 2 is 1.86 bits per heavy atom. The highest BCUT2D eigenvalue weighted by molar-refractivity contribution is 5.85. The average molecular weight is 207 g/mol. The van der Waals surface area contributed by atoms with Crippen LogP contribution in [0.3, 0.4) is 0 Å². The summed E-state index contributed by atoms with van der Waals surface area (Å²) in [4.78, 5) is 10.3. The van der Waals surface area contributed by atoms with Gasteiger partial charge >= 0.3 is 6.18 Å². The van der Waals surface area contributed by atoms with Crippen LogP contribution in [0.25, 0.3) is 0 Å². The van der Waals surface area contributed by atoms with Gasteiger partial charge in [-0.15, -0.1) is 0 Å². The van der Waals surface area contributed by atoms with Gasteiger partial charge in [0.15, 0.2) is 6.29 Å². The minimum atomic E-state index is -4.71. The maximum atomic E-state index is 12.7. The van der Waals surface area contributed by atoms with E-state index in [1.807, 2.05) is 0 Å². The van der Waals surface area contributed by atoms with E-state index in [0.717, 1.165) is 0 Å². The Labute approximate surface area is 76.3 Å². The van der Waals surface area contributed by atoms with Crippen LogP contribution in [0.2, 0.25) is 0 Å². The molecule has 0 aromatic heterocycles. The molecule has 0 bridgehead atoms. The minimum Gasteiger partial charge on any atom is -0.396 e. The lowest BCUT2D eigenvalue weighted by molar-refractivity contribution is -0.137. The maximum absolute atomic E-state index is 12.7. The summed E-state index contributed by atoms with van der Waals surface area (Å²) in [6, 6.07) is 1.06. The van der Waals surface area contributed by atoms with Crippen LogP contribution in [0.15, 0.2) is 12.1 Å². The van der Waals surface area contributed by atoms with Crippen LogP contribution in [0, 0.1) is 5.82 Å². The minimum absolute atomic E-state index is 0.110. The van der Waals surface area contributed by atoms with E-state index >= 15 is 0 Å². The number of hydrogen-bond donors (Lipinski definition) is 1. The van der Waals surface area contributed by atoms with Gasteiger partial charge in [0.05, 0.1) is 16.8 Å². The molecule has 0 radical (unpaired) electrons. The molecule has 0 aliphatic carbocycles. The molecule has 0 fully saturated rings. The van der Waals surface area contributed by atoms with Gasteiger partial charge in [0.2, 0.25) is 0 Å². The summed E-state index contributed by atoms with van der Waals surface area (Å²) >= 11 is 0. The molecule has 6 heteroatoms. The molecule has 1 aromatic rings. The number of rotatable bonds is 1. The lowest BCUT2D eigenvalue weighted by atomic mass is 10.1. The average Bonchev–Trinajstić information content (AvgIpc) is 2.07. The number of nitrogen functional groups attached to an aromatic ring is 1. The van der Waals surface area contributed by atoms with Crippen LogP contribution in [-0.4, -0.2) is 6.29 Å². The smallest absolute Gasteiger partial charge is 0.396 e. The summed E-state index contributed by atoms with van der Waals surface area (Å²) in [5.41, 5.74) is 2.11. The Morgan fingerprint density at radius 3 is 2.29 bits per heavy atom. The zero-order valence-corrected chi connectivity index (χ0v) is 6.73. The van der Waals surface area contributed by atoms with Crippen molar-refractivity contribution in [2.24, 2.45) is 0 Å². The predicted octanol–water partition coefficient (Wildman–Crippen LogP) is 2.24. The van der Waals surface area contributed by atoms with Crippen molar-refractivity contribution in [1.82, 2.24) is 0 Å². The topological polar surface area (TPSA) is 43.1 Å². The molecular weight excluding hydrogens is 202 g/mol. The van der Waals surface area contributed by atoms with E-state index in [1.54, 1.807) is 0 Å². The molecule has 0 amide bonds. The van der Waals surface area contributed by atoms with E-state index in [1.165, 1.54) is 0 Å². The molecule has 0 saturated carbocycles. The molecule has 0 unspecified atom stereocenters. The van der Waals surface area contributed by atoms with Gasteiger partial charge < -0.3 is 5.73 Å². The normalized spacial score (nSPS) is 11.4. The second-order valence-electron chi connectivity index (χ2n) is 2.54. The number of hydrogen-bond acceptors (Lipinski definition) is 2. The van der Waals surface area contributed by atoms with Crippen molar-refractivity contribution < 1.29 is 22.4 Å². The first-order valence-corrected chi connectivity index (χ1v) is 3.48. The third-order valence-electron chi connectivity index (χ3n) is 1.66. The Kier molecular flexibility index (Phi) is 2.46. The number of halogens is 4. The Balaban J connectivity index is 3.47. The molecule has 0 saturated heterocycles. The van der Waals surface area contributed by atoms with Gasteiger partial charge in [-0.2, -0.15) is 13.2 Å². The van der Waals surface area contributed by atoms with Gasteiger partial charge in [0.25, 0.3) is 0 Å². The van der Waals surface area contributed by atoms with E-state index in [2.05, 4.69) is 0 Å². The fourth-order valence-corrected chi connectivity index (χ4v) is 0.984. The number of aldehydes is 1. The summed E-state index contributed by atoms with van der Waals surface area (Å²) < 4.78 is 49.3. The van der Waals surface area contributed by atoms with Crippen molar-refractivity contribution in [3.05, 3.63) is 29.1 Å². The fraction of sp³-hybridized carbons (Fsp3) is 0.125. The summed E-state index contributed by atoms with van der Waals surface area (Å²) in [7, 11) is 0. The van der Waals surface area contributed by atoms with Crippen molar-refractivity contribution in [3.8, 4) is 0 Å². The second-order valence-corrected chi connectivity index (χ2v) is 2.54. The van der Waals surface area contributed by atoms with Crippen molar-refractivity contribution in [2.45, 2.75) is 6.18 Å². The zero-order chi connectivity index (χ0) is 10.9. The van der Waals surface area contributed by atoms with Crippen LogP contribution in [0.4, 0.5) is 23.2 Å². The first kappa shape index (κ1) is 10.5. The van der Waals surface area contributed by atoms with Crippen molar-refractivity contribution in [2.75, 3.05) is 5.73 Å². The number of carbonyl (C=O) groups excluding carboxylic acids is 1. The zero-order valence-electron chi connectivity index (χ0n) is 6.73. The highest BCUT2D eigenvalue weighted by Gasteiger charge is 2.34. The first-order chi connectivity index (χ1) is 6.38. The van der Waals surface area contributed by atoms with E-state index in [-0.39, 0.29) is 6.29 Å². The Hall–Kier alpha value is -1.59. The standard InChI is InChI=1S/C8H5F4NO/c9-6-2-1-5(8(10,11)12)4(3-14)7(6)13/h1-3H,13H2. The molecule has 2 nitrogen and oxygen atoms in total. The van der Waals surface area contributed by atoms with Crippen LogP contribution in [0.1, 0.15) is 15.9 Å². The third kappa shape index (κ3) is 1.68. The van der Waals surface area contributed by atoms with Crippen LogP contribution >= 0.6 is 0 Å². The van der Waals surface area contributed by atoms with Gasteiger partial charge in [0.1, 0.15) is 5.82 Å². The van der Waals surface area contributed by atoms with Gasteiger partial charge in [-0.25, -0.2) is 4.39 Å². The predicted molar refractivity (Wildman–Crippen MR) is 41.2 cm³/mol. The van der Waals surface area contributed by atoms with Crippen LogP contribution in [0.5, 0.6) is 0 Å². The summed E-state index contributed by atoms with van der Waals surface area (Å²) in [5.74, 6) is -1.04. The number of anilines is 1. The molecule has 2 N–H and O–H groups in total. The first-order valence-electron chi connectivity index (χ1n) is 3.48. The van der Waals surface area contributed by atoms with E-state index in [0.29, 0.717) is 12.1 Å². The van der Waals surface area contributed by atoms with E-state index in [9.17, 15) is 22.4 Å². The number of benzene rings is 1. The number of alkyl halides is 3. The molecule has 0 spiro atoms. The molecule has 0 aliphatic heterocycles. The van der Waals surface area contributed by atoms with Gasteiger partial charge in [0, 0.05) is 0 Å². The number of nitrogens with two attached hydrogens (primary N) is 1. The highest BCUT2D eigenvalue weighted by Crippen LogP contribution is 2.34. The molecule has 14 heavy (non-hydrogen) atoms. The Bertz CT molecular complexity index is 372. The molecule has 1 rings (SSSR count). The van der Waals surface area contributed by atoms with Crippen molar-refractivity contribution in [3.63, 3.8) is 0 Å². The second kappa shape index (κ2) is 3.28. The summed E-state index contributed by atoms with van der Waals surface area (Å²) in [6.07, 6.45) is -4.82. The van der Waals surface area contributed by atoms with Gasteiger partial charge in [-0.05, 0) is 12.1 Å². The summed E-state index contributed by atoms with van der Waals surface area (Å²) in [5, 5.41) is 0. The molecule has 0 atom stereocenters. The molecule has 1 aromatic carbocycles.